The van der Waals surface area contributed by atoms with Gasteiger partial charge in [0.05, 0.1) is 0 Å². The number of halogens is 1. The Morgan fingerprint density at radius 3 is 2.38 bits per heavy atom. The number of rotatable bonds is 6. The highest BCUT2D eigenvalue weighted by Crippen LogP contribution is 2.18. The summed E-state index contributed by atoms with van der Waals surface area (Å²) in [7, 11) is 0. The summed E-state index contributed by atoms with van der Waals surface area (Å²) in [5, 5.41) is 3.47. The molecule has 0 saturated heterocycles. The van der Waals surface area contributed by atoms with Crippen molar-refractivity contribution in [3.05, 3.63) is 59.1 Å². The lowest BCUT2D eigenvalue weighted by molar-refractivity contribution is -0.116. The largest absolute Gasteiger partial charge is 0.489 e. The van der Waals surface area contributed by atoms with Crippen LogP contribution < -0.4 is 15.8 Å². The molecule has 2 aromatic carbocycles. The molecule has 0 atom stereocenters. The SMILES string of the molecule is NCCC(=O)Nc1ccc(OCc2ccc(Cl)cc2)cc1. The zero-order valence-electron chi connectivity index (χ0n) is 11.5. The van der Waals surface area contributed by atoms with Gasteiger partial charge in [-0.1, -0.05) is 23.7 Å². The van der Waals surface area contributed by atoms with Crippen molar-refractivity contribution in [2.45, 2.75) is 13.0 Å². The highest BCUT2D eigenvalue weighted by atomic mass is 35.5. The van der Waals surface area contributed by atoms with E-state index in [0.717, 1.165) is 17.0 Å². The van der Waals surface area contributed by atoms with E-state index >= 15 is 0 Å². The first-order valence-electron chi connectivity index (χ1n) is 6.64. The number of ether oxygens (including phenoxy) is 1. The summed E-state index contributed by atoms with van der Waals surface area (Å²) in [5.74, 6) is 0.647. The molecule has 0 heterocycles. The van der Waals surface area contributed by atoms with Gasteiger partial charge in [0.15, 0.2) is 0 Å². The Bertz CT molecular complexity index is 582. The average molecular weight is 305 g/mol. The van der Waals surface area contributed by atoms with Gasteiger partial charge >= 0.3 is 0 Å². The second kappa shape index (κ2) is 7.67. The van der Waals surface area contributed by atoms with Crippen LogP contribution in [0.4, 0.5) is 5.69 Å². The van der Waals surface area contributed by atoms with E-state index in [-0.39, 0.29) is 5.91 Å². The number of amides is 1. The monoisotopic (exact) mass is 304 g/mol. The van der Waals surface area contributed by atoms with E-state index in [2.05, 4.69) is 5.32 Å². The van der Waals surface area contributed by atoms with E-state index in [4.69, 9.17) is 22.1 Å². The molecule has 0 aliphatic carbocycles. The van der Waals surface area contributed by atoms with E-state index in [9.17, 15) is 4.79 Å². The van der Waals surface area contributed by atoms with Gasteiger partial charge in [0.25, 0.3) is 0 Å². The van der Waals surface area contributed by atoms with E-state index < -0.39 is 0 Å². The van der Waals surface area contributed by atoms with Crippen LogP contribution in [0.2, 0.25) is 5.02 Å². The van der Waals surface area contributed by atoms with Crippen molar-refractivity contribution in [2.75, 3.05) is 11.9 Å². The first kappa shape index (κ1) is 15.4. The Morgan fingerprint density at radius 2 is 1.76 bits per heavy atom. The van der Waals surface area contributed by atoms with Crippen LogP contribution in [0.3, 0.4) is 0 Å². The summed E-state index contributed by atoms with van der Waals surface area (Å²) in [6.45, 7) is 0.810. The summed E-state index contributed by atoms with van der Waals surface area (Å²) in [6.07, 6.45) is 0.314. The van der Waals surface area contributed by atoms with Crippen LogP contribution >= 0.6 is 11.6 Å². The van der Waals surface area contributed by atoms with Crippen molar-refractivity contribution in [3.8, 4) is 5.75 Å². The third-order valence-corrected chi connectivity index (χ3v) is 3.08. The molecule has 4 nitrogen and oxygen atoms in total. The molecule has 0 aliphatic rings. The molecule has 0 fully saturated rings. The number of benzene rings is 2. The maximum atomic E-state index is 11.4. The minimum Gasteiger partial charge on any atom is -0.489 e. The maximum absolute atomic E-state index is 11.4. The lowest BCUT2D eigenvalue weighted by Crippen LogP contribution is -2.16. The van der Waals surface area contributed by atoms with Crippen molar-refractivity contribution < 1.29 is 9.53 Å². The molecule has 0 unspecified atom stereocenters. The van der Waals surface area contributed by atoms with Gasteiger partial charge in [-0.05, 0) is 42.0 Å². The van der Waals surface area contributed by atoms with E-state index in [1.54, 1.807) is 12.1 Å². The number of nitrogens with one attached hydrogen (secondary N) is 1. The molecule has 0 radical (unpaired) electrons. The third-order valence-electron chi connectivity index (χ3n) is 2.83. The first-order valence-corrected chi connectivity index (χ1v) is 7.02. The quantitative estimate of drug-likeness (QED) is 0.861. The fourth-order valence-corrected chi connectivity index (χ4v) is 1.86. The number of hydrogen-bond donors (Lipinski definition) is 2. The van der Waals surface area contributed by atoms with Gasteiger partial charge in [0.2, 0.25) is 5.91 Å². The molecule has 0 saturated carbocycles. The van der Waals surface area contributed by atoms with Crippen molar-refractivity contribution in [1.29, 1.82) is 0 Å². The lowest BCUT2D eigenvalue weighted by atomic mass is 10.2. The first-order chi connectivity index (χ1) is 10.2. The molecule has 2 aromatic rings. The summed E-state index contributed by atoms with van der Waals surface area (Å²) >= 11 is 5.83. The summed E-state index contributed by atoms with van der Waals surface area (Å²) in [5.41, 5.74) is 7.09. The van der Waals surface area contributed by atoms with Crippen LogP contribution in [0, 0.1) is 0 Å². The van der Waals surface area contributed by atoms with E-state index in [1.165, 1.54) is 0 Å². The summed E-state index contributed by atoms with van der Waals surface area (Å²) in [4.78, 5) is 11.4. The van der Waals surface area contributed by atoms with Crippen LogP contribution in [0.25, 0.3) is 0 Å². The molecular weight excluding hydrogens is 288 g/mol. The molecule has 2 rings (SSSR count). The maximum Gasteiger partial charge on any atom is 0.225 e. The molecule has 110 valence electrons. The van der Waals surface area contributed by atoms with Crippen molar-refractivity contribution in [3.63, 3.8) is 0 Å². The zero-order valence-corrected chi connectivity index (χ0v) is 12.3. The predicted octanol–water partition coefficient (Wildman–Crippen LogP) is 3.21. The second-order valence-electron chi connectivity index (χ2n) is 4.53. The Balaban J connectivity index is 1.87. The van der Waals surface area contributed by atoms with Gasteiger partial charge < -0.3 is 15.8 Å². The van der Waals surface area contributed by atoms with Crippen molar-refractivity contribution in [1.82, 2.24) is 0 Å². The zero-order chi connectivity index (χ0) is 15.1. The van der Waals surface area contributed by atoms with Crippen molar-refractivity contribution >= 4 is 23.2 Å². The second-order valence-corrected chi connectivity index (χ2v) is 4.96. The number of carbonyl (C=O) groups is 1. The Hall–Kier alpha value is -2.04. The van der Waals surface area contributed by atoms with Crippen LogP contribution in [-0.2, 0) is 11.4 Å². The van der Waals surface area contributed by atoms with Gasteiger partial charge in [-0.3, -0.25) is 4.79 Å². The van der Waals surface area contributed by atoms with Gasteiger partial charge in [-0.2, -0.15) is 0 Å². The van der Waals surface area contributed by atoms with Gasteiger partial charge in [-0.15, -0.1) is 0 Å². The molecule has 3 N–H and O–H groups in total. The van der Waals surface area contributed by atoms with Gasteiger partial charge in [-0.25, -0.2) is 0 Å². The smallest absolute Gasteiger partial charge is 0.225 e. The molecule has 0 spiro atoms. The topological polar surface area (TPSA) is 64.4 Å². The molecule has 1 amide bonds. The fraction of sp³-hybridized carbons (Fsp3) is 0.188. The van der Waals surface area contributed by atoms with Crippen LogP contribution in [0.5, 0.6) is 5.75 Å². The number of carbonyl (C=O) groups excluding carboxylic acids is 1. The normalized spacial score (nSPS) is 10.2. The lowest BCUT2D eigenvalue weighted by Gasteiger charge is -2.08. The molecule has 0 aliphatic heterocycles. The molecule has 5 heteroatoms. The third kappa shape index (κ3) is 5.10. The van der Waals surface area contributed by atoms with Crippen LogP contribution in [-0.4, -0.2) is 12.5 Å². The Kier molecular flexibility index (Phi) is 5.60. The Morgan fingerprint density at radius 1 is 1.10 bits per heavy atom. The summed E-state index contributed by atoms with van der Waals surface area (Å²) in [6, 6.07) is 14.7. The molecule has 0 aromatic heterocycles. The minimum absolute atomic E-state index is 0.0904. The highest BCUT2D eigenvalue weighted by molar-refractivity contribution is 6.30. The molecule has 0 bridgehead atoms. The Labute approximate surface area is 128 Å². The van der Waals surface area contributed by atoms with E-state index in [1.807, 2.05) is 36.4 Å². The highest BCUT2D eigenvalue weighted by Gasteiger charge is 2.01. The predicted molar refractivity (Wildman–Crippen MR) is 84.5 cm³/mol. The van der Waals surface area contributed by atoms with Crippen molar-refractivity contribution in [2.24, 2.45) is 5.73 Å². The average Bonchev–Trinajstić information content (AvgIpc) is 2.48. The number of hydrogen-bond acceptors (Lipinski definition) is 3. The number of nitrogens with two attached hydrogens (primary N) is 1. The van der Waals surface area contributed by atoms with Gasteiger partial charge in [0.1, 0.15) is 12.4 Å². The van der Waals surface area contributed by atoms with Gasteiger partial charge in [0, 0.05) is 23.7 Å². The molecule has 21 heavy (non-hydrogen) atoms. The van der Waals surface area contributed by atoms with Crippen LogP contribution in [0.15, 0.2) is 48.5 Å². The number of anilines is 1. The standard InChI is InChI=1S/C16H17ClN2O2/c17-13-3-1-12(2-4-13)11-21-15-7-5-14(6-8-15)19-16(20)9-10-18/h1-8H,9-11,18H2,(H,19,20). The minimum atomic E-state index is -0.0904. The fourth-order valence-electron chi connectivity index (χ4n) is 1.74. The molecular formula is C16H17ClN2O2. The summed E-state index contributed by atoms with van der Waals surface area (Å²) < 4.78 is 5.66. The van der Waals surface area contributed by atoms with Crippen LogP contribution in [0.1, 0.15) is 12.0 Å². The van der Waals surface area contributed by atoms with E-state index in [0.29, 0.717) is 24.6 Å².